The van der Waals surface area contributed by atoms with Gasteiger partial charge in [-0.1, -0.05) is 68.4 Å². The predicted octanol–water partition coefficient (Wildman–Crippen LogP) is 3.63. The van der Waals surface area contributed by atoms with E-state index < -0.39 is 17.5 Å². The molecule has 158 valence electrons. The minimum absolute atomic E-state index is 0.260. The third-order valence-corrected chi connectivity index (χ3v) is 5.67. The predicted molar refractivity (Wildman–Crippen MR) is 116 cm³/mol. The maximum atomic E-state index is 13.1. The second kappa shape index (κ2) is 8.69. The van der Waals surface area contributed by atoms with Crippen molar-refractivity contribution >= 4 is 17.8 Å². The Kier molecular flexibility index (Phi) is 6.25. The molecule has 0 radical (unpaired) electrons. The molecule has 1 heterocycles. The number of rotatable bonds is 7. The molecule has 0 unspecified atom stereocenters. The van der Waals surface area contributed by atoms with Gasteiger partial charge >= 0.3 is 6.03 Å². The number of urea groups is 1. The van der Waals surface area contributed by atoms with E-state index in [4.69, 9.17) is 0 Å². The molecule has 1 N–H and O–H groups in total. The Morgan fingerprint density at radius 2 is 1.70 bits per heavy atom. The maximum Gasteiger partial charge on any atom is 0.325 e. The minimum Gasteiger partial charge on any atom is -0.337 e. The van der Waals surface area contributed by atoms with Crippen LogP contribution in [0.2, 0.25) is 0 Å². The fourth-order valence-corrected chi connectivity index (χ4v) is 3.65. The van der Waals surface area contributed by atoms with Crippen molar-refractivity contribution in [1.29, 1.82) is 0 Å². The van der Waals surface area contributed by atoms with Crippen LogP contribution in [-0.2, 0) is 21.7 Å². The standard InChI is InChI=1S/C24H29N3O3/c1-5-26(15-18-9-7-6-8-10-18)21(28)16-27-22(29)24(4,25-23(27)30)20-13-11-19(12-14-20)17(2)3/h6-14,17H,5,15-16H2,1-4H3,(H,25,30)/t24-/m1/s1. The summed E-state index contributed by atoms with van der Waals surface area (Å²) in [6, 6.07) is 16.8. The van der Waals surface area contributed by atoms with E-state index in [0.29, 0.717) is 24.6 Å². The first kappa shape index (κ1) is 21.6. The van der Waals surface area contributed by atoms with E-state index in [9.17, 15) is 14.4 Å². The van der Waals surface area contributed by atoms with Gasteiger partial charge in [0.1, 0.15) is 12.1 Å². The number of imide groups is 1. The van der Waals surface area contributed by atoms with Gasteiger partial charge in [-0.25, -0.2) is 4.79 Å². The van der Waals surface area contributed by atoms with Crippen LogP contribution in [0.15, 0.2) is 54.6 Å². The summed E-state index contributed by atoms with van der Waals surface area (Å²) in [5.41, 5.74) is 1.69. The lowest BCUT2D eigenvalue weighted by atomic mass is 9.90. The van der Waals surface area contributed by atoms with Gasteiger partial charge in [-0.15, -0.1) is 0 Å². The highest BCUT2D eigenvalue weighted by atomic mass is 16.2. The van der Waals surface area contributed by atoms with Crippen molar-refractivity contribution in [3.05, 3.63) is 71.3 Å². The first-order valence-electron chi connectivity index (χ1n) is 10.3. The van der Waals surface area contributed by atoms with E-state index in [1.165, 1.54) is 0 Å². The largest absolute Gasteiger partial charge is 0.337 e. The van der Waals surface area contributed by atoms with Crippen LogP contribution in [0, 0.1) is 0 Å². The highest BCUT2D eigenvalue weighted by Gasteiger charge is 2.49. The summed E-state index contributed by atoms with van der Waals surface area (Å²) in [6.45, 7) is 8.42. The Labute approximate surface area is 177 Å². The average Bonchev–Trinajstić information content (AvgIpc) is 2.96. The lowest BCUT2D eigenvalue weighted by Crippen LogP contribution is -2.44. The van der Waals surface area contributed by atoms with Crippen molar-refractivity contribution in [3.8, 4) is 0 Å². The van der Waals surface area contributed by atoms with Gasteiger partial charge in [-0.3, -0.25) is 14.5 Å². The number of carbonyl (C=O) groups excluding carboxylic acids is 3. The Morgan fingerprint density at radius 3 is 2.27 bits per heavy atom. The molecule has 1 aliphatic heterocycles. The maximum absolute atomic E-state index is 13.1. The third-order valence-electron chi connectivity index (χ3n) is 5.67. The smallest absolute Gasteiger partial charge is 0.325 e. The molecule has 2 aromatic carbocycles. The molecule has 0 bridgehead atoms. The minimum atomic E-state index is -1.18. The topological polar surface area (TPSA) is 69.7 Å². The van der Waals surface area contributed by atoms with Gasteiger partial charge in [0.05, 0.1) is 0 Å². The Hall–Kier alpha value is -3.15. The van der Waals surface area contributed by atoms with Gasteiger partial charge in [0.2, 0.25) is 5.91 Å². The molecule has 1 fully saturated rings. The summed E-state index contributed by atoms with van der Waals surface area (Å²) in [4.78, 5) is 41.2. The molecule has 6 nitrogen and oxygen atoms in total. The van der Waals surface area contributed by atoms with Crippen molar-refractivity contribution in [2.45, 2.75) is 45.7 Å². The number of hydrogen-bond donors (Lipinski definition) is 1. The average molecular weight is 408 g/mol. The number of benzene rings is 2. The zero-order chi connectivity index (χ0) is 21.9. The van der Waals surface area contributed by atoms with Crippen molar-refractivity contribution < 1.29 is 14.4 Å². The summed E-state index contributed by atoms with van der Waals surface area (Å²) in [7, 11) is 0. The number of likely N-dealkylation sites (N-methyl/N-ethyl adjacent to an activating group) is 1. The van der Waals surface area contributed by atoms with Crippen LogP contribution in [-0.4, -0.2) is 40.7 Å². The Balaban J connectivity index is 1.74. The second-order valence-electron chi connectivity index (χ2n) is 8.12. The Morgan fingerprint density at radius 1 is 1.07 bits per heavy atom. The van der Waals surface area contributed by atoms with Crippen LogP contribution in [0.4, 0.5) is 4.79 Å². The number of amides is 4. The number of hydrogen-bond acceptors (Lipinski definition) is 3. The van der Waals surface area contributed by atoms with Gasteiger partial charge in [-0.05, 0) is 36.5 Å². The summed E-state index contributed by atoms with van der Waals surface area (Å²) >= 11 is 0. The zero-order valence-electron chi connectivity index (χ0n) is 18.0. The fourth-order valence-electron chi connectivity index (χ4n) is 3.65. The van der Waals surface area contributed by atoms with E-state index in [1.54, 1.807) is 11.8 Å². The molecule has 0 aromatic heterocycles. The van der Waals surface area contributed by atoms with Crippen LogP contribution in [0.5, 0.6) is 0 Å². The number of nitrogens with one attached hydrogen (secondary N) is 1. The fraction of sp³-hybridized carbons (Fsp3) is 0.375. The molecule has 3 rings (SSSR count). The van der Waals surface area contributed by atoms with Crippen molar-refractivity contribution in [2.75, 3.05) is 13.1 Å². The third kappa shape index (κ3) is 4.22. The van der Waals surface area contributed by atoms with E-state index >= 15 is 0 Å². The highest BCUT2D eigenvalue weighted by Crippen LogP contribution is 2.30. The number of nitrogens with zero attached hydrogens (tertiary/aromatic N) is 2. The summed E-state index contributed by atoms with van der Waals surface area (Å²) in [5.74, 6) is -0.294. The molecule has 1 saturated heterocycles. The molecule has 2 aromatic rings. The molecule has 1 aliphatic rings. The van der Waals surface area contributed by atoms with Crippen molar-refractivity contribution in [2.24, 2.45) is 0 Å². The van der Waals surface area contributed by atoms with Crippen molar-refractivity contribution in [3.63, 3.8) is 0 Å². The van der Waals surface area contributed by atoms with Gasteiger partial charge in [0, 0.05) is 13.1 Å². The molecule has 6 heteroatoms. The van der Waals surface area contributed by atoms with Crippen LogP contribution in [0.25, 0.3) is 0 Å². The first-order chi connectivity index (χ1) is 14.3. The SMILES string of the molecule is CCN(Cc1ccccc1)C(=O)CN1C(=O)N[C@](C)(c2ccc(C(C)C)cc2)C1=O. The molecule has 0 spiro atoms. The second-order valence-corrected chi connectivity index (χ2v) is 8.12. The number of carbonyl (C=O) groups is 3. The summed E-state index contributed by atoms with van der Waals surface area (Å²) < 4.78 is 0. The molecule has 0 saturated carbocycles. The van der Waals surface area contributed by atoms with Gasteiger partial charge in [0.25, 0.3) is 5.91 Å². The van der Waals surface area contributed by atoms with Gasteiger partial charge < -0.3 is 10.2 Å². The molecular weight excluding hydrogens is 378 g/mol. The van der Waals surface area contributed by atoms with Gasteiger partial charge in [-0.2, -0.15) is 0 Å². The van der Waals surface area contributed by atoms with Crippen LogP contribution >= 0.6 is 0 Å². The normalized spacial score (nSPS) is 18.6. The van der Waals surface area contributed by atoms with E-state index in [1.807, 2.05) is 61.5 Å². The lowest BCUT2D eigenvalue weighted by molar-refractivity contribution is -0.139. The summed E-state index contributed by atoms with van der Waals surface area (Å²) in [6.07, 6.45) is 0. The molecule has 4 amide bonds. The highest BCUT2D eigenvalue weighted by molar-refractivity contribution is 6.09. The van der Waals surface area contributed by atoms with Crippen LogP contribution in [0.1, 0.15) is 50.3 Å². The molecule has 0 aliphatic carbocycles. The van der Waals surface area contributed by atoms with Gasteiger partial charge in [0.15, 0.2) is 0 Å². The summed E-state index contributed by atoms with van der Waals surface area (Å²) in [5, 5.41) is 2.77. The zero-order valence-corrected chi connectivity index (χ0v) is 18.0. The first-order valence-corrected chi connectivity index (χ1v) is 10.3. The quantitative estimate of drug-likeness (QED) is 0.713. The molecule has 30 heavy (non-hydrogen) atoms. The molecular formula is C24H29N3O3. The van der Waals surface area contributed by atoms with E-state index in [0.717, 1.165) is 16.0 Å². The Bertz CT molecular complexity index is 924. The van der Waals surface area contributed by atoms with Crippen LogP contribution < -0.4 is 5.32 Å². The lowest BCUT2D eigenvalue weighted by Gasteiger charge is -2.25. The van der Waals surface area contributed by atoms with E-state index in [2.05, 4.69) is 19.2 Å². The van der Waals surface area contributed by atoms with Crippen molar-refractivity contribution in [1.82, 2.24) is 15.1 Å². The molecule has 1 atom stereocenters. The van der Waals surface area contributed by atoms with E-state index in [-0.39, 0.29) is 12.5 Å². The monoisotopic (exact) mass is 407 g/mol. The van der Waals surface area contributed by atoms with Crippen LogP contribution in [0.3, 0.4) is 0 Å².